The third kappa shape index (κ3) is 4.84. The Morgan fingerprint density at radius 1 is 0.848 bits per heavy atom. The fourth-order valence-corrected chi connectivity index (χ4v) is 10.2. The molecule has 2 aromatic carbocycles. The van der Waals surface area contributed by atoms with Crippen LogP contribution in [0.15, 0.2) is 65.1 Å². The third-order valence-corrected chi connectivity index (χ3v) is 13.0. The normalized spacial score (nSPS) is 11.6. The van der Waals surface area contributed by atoms with Crippen LogP contribution in [0.4, 0.5) is 0 Å². The number of rotatable bonds is 6. The predicted molar refractivity (Wildman–Crippen MR) is 139 cm³/mol. The summed E-state index contributed by atoms with van der Waals surface area (Å²) in [7, 11) is -0.558. The van der Waals surface area contributed by atoms with Crippen LogP contribution in [-0.4, -0.2) is 21.2 Å². The Labute approximate surface area is 199 Å². The van der Waals surface area contributed by atoms with E-state index >= 15 is 0 Å². The van der Waals surface area contributed by atoms with Crippen LogP contribution in [0, 0.1) is 11.5 Å². The molecule has 172 valence electrons. The molecular weight excluding hydrogens is 424 g/mol. The SMILES string of the molecule is COC(=O)c1ccccc1-c1cc(-c2ccccc2)oc1C#C[Si](C(C)C)(C(C)C)C(C)C. The van der Waals surface area contributed by atoms with Gasteiger partial charge in [0.1, 0.15) is 13.8 Å². The van der Waals surface area contributed by atoms with E-state index in [2.05, 4.69) is 53.0 Å². The zero-order valence-corrected chi connectivity index (χ0v) is 21.7. The van der Waals surface area contributed by atoms with E-state index < -0.39 is 8.07 Å². The van der Waals surface area contributed by atoms with Crippen molar-refractivity contribution in [2.24, 2.45) is 0 Å². The number of hydrogen-bond acceptors (Lipinski definition) is 3. The Balaban J connectivity index is 2.26. The maximum atomic E-state index is 12.5. The van der Waals surface area contributed by atoms with Crippen LogP contribution in [0.2, 0.25) is 16.6 Å². The molecule has 0 radical (unpaired) electrons. The molecule has 0 aliphatic rings. The van der Waals surface area contributed by atoms with Crippen LogP contribution in [0.1, 0.15) is 57.7 Å². The number of carbonyl (C=O) groups is 1. The molecule has 0 amide bonds. The molecule has 3 nitrogen and oxygen atoms in total. The van der Waals surface area contributed by atoms with Crippen LogP contribution >= 0.6 is 0 Å². The molecule has 3 aromatic rings. The van der Waals surface area contributed by atoms with Crippen molar-refractivity contribution in [3.63, 3.8) is 0 Å². The summed E-state index contributed by atoms with van der Waals surface area (Å²) < 4.78 is 11.4. The number of furan rings is 1. The van der Waals surface area contributed by atoms with E-state index in [9.17, 15) is 4.79 Å². The van der Waals surface area contributed by atoms with Gasteiger partial charge in [0, 0.05) is 16.7 Å². The van der Waals surface area contributed by atoms with Crippen LogP contribution in [-0.2, 0) is 4.74 Å². The van der Waals surface area contributed by atoms with Gasteiger partial charge in [-0.25, -0.2) is 4.79 Å². The van der Waals surface area contributed by atoms with Crippen molar-refractivity contribution in [1.29, 1.82) is 0 Å². The average Bonchev–Trinajstić information content (AvgIpc) is 3.23. The summed E-state index contributed by atoms with van der Waals surface area (Å²) in [5, 5.41) is 0. The molecule has 33 heavy (non-hydrogen) atoms. The van der Waals surface area contributed by atoms with E-state index in [4.69, 9.17) is 9.15 Å². The van der Waals surface area contributed by atoms with Crippen molar-refractivity contribution in [3.8, 4) is 33.9 Å². The number of methoxy groups -OCH3 is 1. The van der Waals surface area contributed by atoms with Crippen molar-refractivity contribution in [3.05, 3.63) is 72.0 Å². The van der Waals surface area contributed by atoms with E-state index in [0.717, 1.165) is 22.5 Å². The van der Waals surface area contributed by atoms with Crippen molar-refractivity contribution >= 4 is 14.0 Å². The van der Waals surface area contributed by atoms with Gasteiger partial charge in [0.25, 0.3) is 0 Å². The molecule has 0 N–H and O–H groups in total. The number of hydrogen-bond donors (Lipinski definition) is 0. The molecule has 0 aliphatic heterocycles. The molecule has 0 atom stereocenters. The van der Waals surface area contributed by atoms with Gasteiger partial charge < -0.3 is 9.15 Å². The number of ether oxygens (including phenoxy) is 1. The minimum atomic E-state index is -1.96. The quantitative estimate of drug-likeness (QED) is 0.214. The maximum Gasteiger partial charge on any atom is 0.338 e. The van der Waals surface area contributed by atoms with Gasteiger partial charge in [-0.2, -0.15) is 0 Å². The van der Waals surface area contributed by atoms with Crippen molar-refractivity contribution in [2.75, 3.05) is 7.11 Å². The highest BCUT2D eigenvalue weighted by molar-refractivity contribution is 6.90. The second kappa shape index (κ2) is 10.3. The highest BCUT2D eigenvalue weighted by Gasteiger charge is 2.41. The van der Waals surface area contributed by atoms with Crippen LogP contribution < -0.4 is 0 Å². The van der Waals surface area contributed by atoms with E-state index in [-0.39, 0.29) is 5.97 Å². The van der Waals surface area contributed by atoms with Crippen molar-refractivity contribution in [1.82, 2.24) is 0 Å². The smallest absolute Gasteiger partial charge is 0.338 e. The minimum absolute atomic E-state index is 0.373. The van der Waals surface area contributed by atoms with E-state index in [0.29, 0.717) is 27.9 Å². The van der Waals surface area contributed by atoms with Crippen molar-refractivity contribution in [2.45, 2.75) is 58.2 Å². The Morgan fingerprint density at radius 2 is 1.42 bits per heavy atom. The van der Waals surface area contributed by atoms with E-state index in [1.165, 1.54) is 7.11 Å². The van der Waals surface area contributed by atoms with Crippen LogP contribution in [0.3, 0.4) is 0 Å². The van der Waals surface area contributed by atoms with E-state index in [1.807, 2.05) is 54.6 Å². The minimum Gasteiger partial charge on any atom is -0.465 e. The second-order valence-corrected chi connectivity index (χ2v) is 15.0. The van der Waals surface area contributed by atoms with Crippen molar-refractivity contribution < 1.29 is 13.9 Å². The third-order valence-electron chi connectivity index (χ3n) is 6.67. The number of esters is 1. The summed E-state index contributed by atoms with van der Waals surface area (Å²) in [6.07, 6.45) is 0. The first-order valence-corrected chi connectivity index (χ1v) is 13.9. The second-order valence-electron chi connectivity index (χ2n) is 9.40. The first-order chi connectivity index (χ1) is 15.7. The molecule has 4 heteroatoms. The molecule has 0 fully saturated rings. The topological polar surface area (TPSA) is 39.4 Å². The molecular formula is C29H34O3Si. The lowest BCUT2D eigenvalue weighted by molar-refractivity contribution is 0.0601. The predicted octanol–water partition coefficient (Wildman–Crippen LogP) is 7.97. The lowest BCUT2D eigenvalue weighted by Gasteiger charge is -2.37. The summed E-state index contributed by atoms with van der Waals surface area (Å²) in [6, 6.07) is 19.4. The van der Waals surface area contributed by atoms with Gasteiger partial charge in [0.15, 0.2) is 5.76 Å². The molecule has 0 spiro atoms. The molecule has 0 bridgehead atoms. The molecule has 0 saturated heterocycles. The van der Waals surface area contributed by atoms with E-state index in [1.54, 1.807) is 6.07 Å². The van der Waals surface area contributed by atoms with Gasteiger partial charge >= 0.3 is 5.97 Å². The van der Waals surface area contributed by atoms with Gasteiger partial charge in [-0.15, -0.1) is 5.54 Å². The summed E-state index contributed by atoms with van der Waals surface area (Å²) >= 11 is 0. The monoisotopic (exact) mass is 458 g/mol. The fourth-order valence-electron chi connectivity index (χ4n) is 5.03. The standard InChI is InChI=1S/C29H34O3Si/c1-20(2)33(21(3)4,22(5)6)18-17-27-26(19-28(32-27)23-13-9-8-10-14-23)24-15-11-12-16-25(24)29(30)31-7/h8-16,19-22H,1-7H3. The van der Waals surface area contributed by atoms with Gasteiger partial charge in [-0.3, -0.25) is 0 Å². The lowest BCUT2D eigenvalue weighted by atomic mass is 9.99. The Morgan fingerprint density at radius 3 is 2.00 bits per heavy atom. The lowest BCUT2D eigenvalue weighted by Crippen LogP contribution is -2.43. The molecule has 1 heterocycles. The highest BCUT2D eigenvalue weighted by Crippen LogP contribution is 2.41. The summed E-state index contributed by atoms with van der Waals surface area (Å²) in [6.45, 7) is 13.8. The maximum absolute atomic E-state index is 12.5. The first kappa shape index (κ1) is 24.6. The Bertz CT molecular complexity index is 1140. The Hall–Kier alpha value is -3.03. The van der Waals surface area contributed by atoms with Gasteiger partial charge in [0.2, 0.25) is 0 Å². The molecule has 1 aromatic heterocycles. The van der Waals surface area contributed by atoms with Crippen LogP contribution in [0.25, 0.3) is 22.5 Å². The summed E-state index contributed by atoms with van der Waals surface area (Å²) in [5.74, 6) is 4.43. The molecule has 3 rings (SSSR count). The van der Waals surface area contributed by atoms with Gasteiger partial charge in [-0.05, 0) is 34.7 Å². The number of carbonyl (C=O) groups excluding carboxylic acids is 1. The zero-order chi connectivity index (χ0) is 24.2. The fraction of sp³-hybridized carbons (Fsp3) is 0.345. The largest absolute Gasteiger partial charge is 0.465 e. The summed E-state index contributed by atoms with van der Waals surface area (Å²) in [4.78, 5) is 12.5. The highest BCUT2D eigenvalue weighted by atomic mass is 28.3. The molecule has 0 unspecified atom stereocenters. The molecule has 0 aliphatic carbocycles. The van der Waals surface area contributed by atoms with Gasteiger partial charge in [-0.1, -0.05) is 90.1 Å². The number of benzene rings is 2. The molecule has 0 saturated carbocycles. The zero-order valence-electron chi connectivity index (χ0n) is 20.7. The Kier molecular flexibility index (Phi) is 7.66. The summed E-state index contributed by atoms with van der Waals surface area (Å²) in [5.41, 5.74) is 8.37. The van der Waals surface area contributed by atoms with Crippen LogP contribution in [0.5, 0.6) is 0 Å². The average molecular weight is 459 g/mol. The first-order valence-electron chi connectivity index (χ1n) is 11.6. The van der Waals surface area contributed by atoms with Gasteiger partial charge in [0.05, 0.1) is 12.7 Å².